The van der Waals surface area contributed by atoms with Gasteiger partial charge in [0.15, 0.2) is 6.10 Å². The maximum absolute atomic E-state index is 12.3. The summed E-state index contributed by atoms with van der Waals surface area (Å²) in [6.45, 7) is 5.74. The fourth-order valence-corrected chi connectivity index (χ4v) is 2.48. The van der Waals surface area contributed by atoms with Gasteiger partial charge >= 0.3 is 0 Å². The highest BCUT2D eigenvalue weighted by Crippen LogP contribution is 2.22. The van der Waals surface area contributed by atoms with Crippen molar-refractivity contribution >= 4 is 23.4 Å². The average Bonchev–Trinajstić information content (AvgIpc) is 2.51. The van der Waals surface area contributed by atoms with E-state index in [-0.39, 0.29) is 5.91 Å². The van der Waals surface area contributed by atoms with E-state index < -0.39 is 6.10 Å². The van der Waals surface area contributed by atoms with E-state index in [0.717, 1.165) is 27.5 Å². The molecule has 2 rings (SSSR count). The molecular weight excluding hydrogens is 294 g/mol. The van der Waals surface area contributed by atoms with Gasteiger partial charge in [-0.1, -0.05) is 18.2 Å². The number of hydrogen-bond donors (Lipinski definition) is 1. The number of benzene rings is 2. The molecule has 1 atom stereocenters. The SMILES string of the molecule is CSc1cccc(NC(=O)[C@@H](C)Oc2cc(C)ccc2C)c1. The van der Waals surface area contributed by atoms with Crippen molar-refractivity contribution in [1.29, 1.82) is 0 Å². The summed E-state index contributed by atoms with van der Waals surface area (Å²) >= 11 is 1.64. The first-order valence-corrected chi connectivity index (χ1v) is 8.41. The van der Waals surface area contributed by atoms with E-state index in [1.54, 1.807) is 18.7 Å². The van der Waals surface area contributed by atoms with Crippen molar-refractivity contribution in [3.8, 4) is 5.75 Å². The quantitative estimate of drug-likeness (QED) is 0.829. The average molecular weight is 315 g/mol. The van der Waals surface area contributed by atoms with E-state index in [9.17, 15) is 4.79 Å². The van der Waals surface area contributed by atoms with Crippen LogP contribution in [0.3, 0.4) is 0 Å². The Bertz CT molecular complexity index is 670. The summed E-state index contributed by atoms with van der Waals surface area (Å²) < 4.78 is 5.80. The Morgan fingerprint density at radius 3 is 2.68 bits per heavy atom. The molecule has 3 nitrogen and oxygen atoms in total. The number of amides is 1. The largest absolute Gasteiger partial charge is 0.481 e. The highest BCUT2D eigenvalue weighted by atomic mass is 32.2. The molecule has 0 heterocycles. The maximum atomic E-state index is 12.3. The molecule has 0 saturated heterocycles. The van der Waals surface area contributed by atoms with Crippen molar-refractivity contribution in [2.24, 2.45) is 0 Å². The molecule has 2 aromatic rings. The standard InChI is InChI=1S/C18H21NO2S/c1-12-8-9-13(2)17(10-12)21-14(3)18(20)19-15-6-5-7-16(11-15)22-4/h5-11,14H,1-4H3,(H,19,20)/t14-/m1/s1. The van der Waals surface area contributed by atoms with Gasteiger partial charge in [0.25, 0.3) is 5.91 Å². The molecular formula is C18H21NO2S. The van der Waals surface area contributed by atoms with Gasteiger partial charge in [0, 0.05) is 10.6 Å². The van der Waals surface area contributed by atoms with Gasteiger partial charge in [-0.05, 0) is 62.4 Å². The first kappa shape index (κ1) is 16.4. The molecule has 0 spiro atoms. The highest BCUT2D eigenvalue weighted by Gasteiger charge is 2.16. The second kappa shape index (κ2) is 7.36. The first-order valence-electron chi connectivity index (χ1n) is 7.18. The lowest BCUT2D eigenvalue weighted by atomic mass is 10.1. The van der Waals surface area contributed by atoms with Crippen LogP contribution in [0.2, 0.25) is 0 Å². The van der Waals surface area contributed by atoms with Crippen molar-refractivity contribution < 1.29 is 9.53 Å². The van der Waals surface area contributed by atoms with Crippen LogP contribution in [0.25, 0.3) is 0 Å². The van der Waals surface area contributed by atoms with E-state index in [0.29, 0.717) is 0 Å². The molecule has 0 bridgehead atoms. The van der Waals surface area contributed by atoms with Gasteiger partial charge in [-0.15, -0.1) is 11.8 Å². The molecule has 0 aliphatic rings. The molecule has 1 N–H and O–H groups in total. The van der Waals surface area contributed by atoms with Gasteiger partial charge in [-0.25, -0.2) is 0 Å². The lowest BCUT2D eigenvalue weighted by Gasteiger charge is -2.17. The molecule has 4 heteroatoms. The van der Waals surface area contributed by atoms with Crippen molar-refractivity contribution in [2.75, 3.05) is 11.6 Å². The monoisotopic (exact) mass is 315 g/mol. The Kier molecular flexibility index (Phi) is 5.50. The summed E-state index contributed by atoms with van der Waals surface area (Å²) in [7, 11) is 0. The van der Waals surface area contributed by atoms with E-state index in [1.165, 1.54) is 0 Å². The number of aryl methyl sites for hydroxylation is 2. The third kappa shape index (κ3) is 4.28. The van der Waals surface area contributed by atoms with Crippen LogP contribution >= 0.6 is 11.8 Å². The normalized spacial score (nSPS) is 11.8. The first-order chi connectivity index (χ1) is 10.5. The van der Waals surface area contributed by atoms with Crippen LogP contribution in [-0.4, -0.2) is 18.3 Å². The molecule has 0 unspecified atom stereocenters. The van der Waals surface area contributed by atoms with Crippen LogP contribution in [0.5, 0.6) is 5.75 Å². The van der Waals surface area contributed by atoms with Gasteiger partial charge in [-0.3, -0.25) is 4.79 Å². The predicted octanol–water partition coefficient (Wildman–Crippen LogP) is 4.43. The fourth-order valence-electron chi connectivity index (χ4n) is 2.02. The highest BCUT2D eigenvalue weighted by molar-refractivity contribution is 7.98. The lowest BCUT2D eigenvalue weighted by molar-refractivity contribution is -0.122. The molecule has 0 fully saturated rings. The number of hydrogen-bond acceptors (Lipinski definition) is 3. The fraction of sp³-hybridized carbons (Fsp3) is 0.278. The van der Waals surface area contributed by atoms with Crippen LogP contribution in [-0.2, 0) is 4.79 Å². The van der Waals surface area contributed by atoms with Crippen molar-refractivity contribution in [2.45, 2.75) is 31.8 Å². The lowest BCUT2D eigenvalue weighted by Crippen LogP contribution is -2.30. The van der Waals surface area contributed by atoms with E-state index >= 15 is 0 Å². The minimum atomic E-state index is -0.557. The Morgan fingerprint density at radius 1 is 1.18 bits per heavy atom. The second-order valence-corrected chi connectivity index (χ2v) is 6.13. The van der Waals surface area contributed by atoms with Crippen LogP contribution in [0.4, 0.5) is 5.69 Å². The van der Waals surface area contributed by atoms with Crippen LogP contribution in [0, 0.1) is 13.8 Å². The number of nitrogens with one attached hydrogen (secondary N) is 1. The van der Waals surface area contributed by atoms with E-state index in [2.05, 4.69) is 5.32 Å². The number of rotatable bonds is 5. The molecule has 1 amide bonds. The Morgan fingerprint density at radius 2 is 1.95 bits per heavy atom. The number of ether oxygens (including phenoxy) is 1. The Hall–Kier alpha value is -1.94. The van der Waals surface area contributed by atoms with E-state index in [4.69, 9.17) is 4.74 Å². The van der Waals surface area contributed by atoms with Crippen molar-refractivity contribution in [3.05, 3.63) is 53.6 Å². The number of carbonyl (C=O) groups excluding carboxylic acids is 1. The van der Waals surface area contributed by atoms with Gasteiger partial charge in [0.05, 0.1) is 0 Å². The summed E-state index contributed by atoms with van der Waals surface area (Å²) in [6.07, 6.45) is 1.45. The minimum absolute atomic E-state index is 0.154. The summed E-state index contributed by atoms with van der Waals surface area (Å²) in [5.41, 5.74) is 2.92. The predicted molar refractivity (Wildman–Crippen MR) is 92.9 cm³/mol. The zero-order chi connectivity index (χ0) is 16.1. The Labute approximate surface area is 136 Å². The Balaban J connectivity index is 2.04. The summed E-state index contributed by atoms with van der Waals surface area (Å²) in [6, 6.07) is 13.7. The zero-order valence-electron chi connectivity index (χ0n) is 13.3. The van der Waals surface area contributed by atoms with Gasteiger partial charge in [0.2, 0.25) is 0 Å². The molecule has 0 aliphatic carbocycles. The molecule has 0 aliphatic heterocycles. The van der Waals surface area contributed by atoms with Crippen LogP contribution in [0.15, 0.2) is 47.4 Å². The van der Waals surface area contributed by atoms with Crippen LogP contribution < -0.4 is 10.1 Å². The summed E-state index contributed by atoms with van der Waals surface area (Å²) in [5, 5.41) is 2.89. The molecule has 22 heavy (non-hydrogen) atoms. The van der Waals surface area contributed by atoms with E-state index in [1.807, 2.05) is 62.6 Å². The third-order valence-corrected chi connectivity index (χ3v) is 4.08. The smallest absolute Gasteiger partial charge is 0.265 e. The summed E-state index contributed by atoms with van der Waals surface area (Å²) in [4.78, 5) is 13.4. The molecule has 116 valence electrons. The number of thioether (sulfide) groups is 1. The molecule has 0 aromatic heterocycles. The van der Waals surface area contributed by atoms with Crippen molar-refractivity contribution in [1.82, 2.24) is 0 Å². The second-order valence-electron chi connectivity index (χ2n) is 5.25. The van der Waals surface area contributed by atoms with Crippen LogP contribution in [0.1, 0.15) is 18.1 Å². The van der Waals surface area contributed by atoms with Gasteiger partial charge in [-0.2, -0.15) is 0 Å². The molecule has 0 saturated carbocycles. The number of carbonyl (C=O) groups is 1. The molecule has 2 aromatic carbocycles. The maximum Gasteiger partial charge on any atom is 0.265 e. The summed E-state index contributed by atoms with van der Waals surface area (Å²) in [5.74, 6) is 0.597. The third-order valence-electron chi connectivity index (χ3n) is 3.35. The van der Waals surface area contributed by atoms with Gasteiger partial charge < -0.3 is 10.1 Å². The number of anilines is 1. The molecule has 0 radical (unpaired) electrons. The van der Waals surface area contributed by atoms with Crippen molar-refractivity contribution in [3.63, 3.8) is 0 Å². The minimum Gasteiger partial charge on any atom is -0.481 e. The topological polar surface area (TPSA) is 38.3 Å². The zero-order valence-corrected chi connectivity index (χ0v) is 14.2. The van der Waals surface area contributed by atoms with Gasteiger partial charge in [0.1, 0.15) is 5.75 Å².